The normalized spacial score (nSPS) is 36.3. The first-order valence-electron chi connectivity index (χ1n) is 3.54. The summed E-state index contributed by atoms with van der Waals surface area (Å²) in [4.78, 5) is 5.09. The van der Waals surface area contributed by atoms with Crippen molar-refractivity contribution >= 4 is 28.7 Å². The van der Waals surface area contributed by atoms with Crippen molar-refractivity contribution in [3.63, 3.8) is 0 Å². The van der Waals surface area contributed by atoms with Crippen LogP contribution in [0.2, 0.25) is 0 Å². The number of thioether (sulfide) groups is 1. The van der Waals surface area contributed by atoms with E-state index in [1.54, 1.807) is 11.8 Å². The maximum Gasteiger partial charge on any atom is 0.322 e. The van der Waals surface area contributed by atoms with E-state index in [0.717, 1.165) is 12.2 Å². The van der Waals surface area contributed by atoms with Gasteiger partial charge in [-0.05, 0) is 35.4 Å². The van der Waals surface area contributed by atoms with Gasteiger partial charge in [0.1, 0.15) is 0 Å². The minimum absolute atomic E-state index is 0.0613. The van der Waals surface area contributed by atoms with E-state index in [2.05, 4.69) is 5.16 Å². The molecule has 1 fully saturated rings. The van der Waals surface area contributed by atoms with E-state index in [1.807, 2.05) is 0 Å². The standard InChI is InChI=1S/C6H8ClNO2S/c7-6-8-10-5-4(9-6)2-1-3-11-5/h4-5H,1-3H2. The second-order valence-corrected chi connectivity index (χ2v) is 4.02. The lowest BCUT2D eigenvalue weighted by atomic mass is 10.2. The Morgan fingerprint density at radius 1 is 1.64 bits per heavy atom. The fraction of sp³-hybridized carbons (Fsp3) is 0.833. The Kier molecular flexibility index (Phi) is 2.13. The molecule has 0 radical (unpaired) electrons. The molecule has 2 rings (SSSR count). The Hall–Kier alpha value is -0.0900. The molecule has 0 amide bonds. The summed E-state index contributed by atoms with van der Waals surface area (Å²) in [6, 6.07) is 0. The van der Waals surface area contributed by atoms with Gasteiger partial charge in [0.2, 0.25) is 5.44 Å². The van der Waals surface area contributed by atoms with Crippen molar-refractivity contribution in [3.8, 4) is 0 Å². The average molecular weight is 194 g/mol. The summed E-state index contributed by atoms with van der Waals surface area (Å²) in [7, 11) is 0. The fourth-order valence-electron chi connectivity index (χ4n) is 1.18. The number of nitrogens with zero attached hydrogens (tertiary/aromatic N) is 1. The number of hydrogen-bond acceptors (Lipinski definition) is 4. The summed E-state index contributed by atoms with van der Waals surface area (Å²) in [5.41, 5.74) is 0.0613. The first-order valence-corrected chi connectivity index (χ1v) is 4.96. The minimum atomic E-state index is 0.0613. The van der Waals surface area contributed by atoms with Crippen molar-refractivity contribution in [2.75, 3.05) is 5.75 Å². The smallest absolute Gasteiger partial charge is 0.322 e. The van der Waals surface area contributed by atoms with Crippen LogP contribution in [-0.2, 0) is 9.57 Å². The van der Waals surface area contributed by atoms with E-state index >= 15 is 0 Å². The third-order valence-electron chi connectivity index (χ3n) is 1.70. The van der Waals surface area contributed by atoms with Gasteiger partial charge in [0, 0.05) is 0 Å². The first-order chi connectivity index (χ1) is 5.36. The third kappa shape index (κ3) is 1.56. The Balaban J connectivity index is 2.04. The van der Waals surface area contributed by atoms with Crippen molar-refractivity contribution in [3.05, 3.63) is 0 Å². The molecule has 2 unspecified atom stereocenters. The van der Waals surface area contributed by atoms with Crippen LogP contribution in [0, 0.1) is 0 Å². The second-order valence-electron chi connectivity index (χ2n) is 2.49. The topological polar surface area (TPSA) is 30.8 Å². The monoisotopic (exact) mass is 193 g/mol. The highest BCUT2D eigenvalue weighted by Gasteiger charge is 2.33. The average Bonchev–Trinajstić information content (AvgIpc) is 2.04. The predicted octanol–water partition coefficient (Wildman–Crippen LogP) is 1.76. The van der Waals surface area contributed by atoms with E-state index in [-0.39, 0.29) is 16.9 Å². The molecule has 0 aromatic heterocycles. The van der Waals surface area contributed by atoms with Crippen LogP contribution < -0.4 is 0 Å². The summed E-state index contributed by atoms with van der Waals surface area (Å²) in [6.45, 7) is 0. The van der Waals surface area contributed by atoms with Crippen LogP contribution in [0.1, 0.15) is 12.8 Å². The number of fused-ring (bicyclic) bond motifs is 1. The van der Waals surface area contributed by atoms with Crippen LogP contribution in [0.3, 0.4) is 0 Å². The molecule has 5 heteroatoms. The lowest BCUT2D eigenvalue weighted by molar-refractivity contribution is -0.0145. The van der Waals surface area contributed by atoms with Gasteiger partial charge in [0.15, 0.2) is 6.10 Å². The van der Waals surface area contributed by atoms with Crippen molar-refractivity contribution in [2.45, 2.75) is 24.4 Å². The zero-order chi connectivity index (χ0) is 7.68. The molecule has 2 aliphatic heterocycles. The van der Waals surface area contributed by atoms with Gasteiger partial charge in [0.25, 0.3) is 0 Å². The number of ether oxygens (including phenoxy) is 1. The first kappa shape index (κ1) is 7.55. The summed E-state index contributed by atoms with van der Waals surface area (Å²) in [5, 5.41) is 3.69. The van der Waals surface area contributed by atoms with Crippen molar-refractivity contribution in [1.29, 1.82) is 0 Å². The molecular formula is C6H8ClNO2S. The SMILES string of the molecule is ClC1=NOC2SCCCC2O1. The Labute approximate surface area is 74.1 Å². The molecule has 2 aliphatic rings. The highest BCUT2D eigenvalue weighted by molar-refractivity contribution is 7.99. The number of hydrogen-bond donors (Lipinski definition) is 0. The Morgan fingerprint density at radius 3 is 3.45 bits per heavy atom. The van der Waals surface area contributed by atoms with E-state index < -0.39 is 0 Å². The zero-order valence-electron chi connectivity index (χ0n) is 5.83. The van der Waals surface area contributed by atoms with Gasteiger partial charge in [-0.25, -0.2) is 0 Å². The fourth-order valence-corrected chi connectivity index (χ4v) is 2.41. The Morgan fingerprint density at radius 2 is 2.55 bits per heavy atom. The number of rotatable bonds is 0. The van der Waals surface area contributed by atoms with Crippen LogP contribution in [0.15, 0.2) is 5.16 Å². The molecule has 2 atom stereocenters. The minimum Gasteiger partial charge on any atom is -0.459 e. The van der Waals surface area contributed by atoms with E-state index in [9.17, 15) is 0 Å². The van der Waals surface area contributed by atoms with Gasteiger partial charge in [-0.2, -0.15) is 0 Å². The highest BCUT2D eigenvalue weighted by atomic mass is 35.5. The second kappa shape index (κ2) is 3.11. The van der Waals surface area contributed by atoms with Crippen LogP contribution >= 0.6 is 23.4 Å². The molecule has 2 heterocycles. The molecule has 3 nitrogen and oxygen atoms in total. The maximum atomic E-state index is 5.53. The summed E-state index contributed by atoms with van der Waals surface area (Å²) < 4.78 is 5.26. The van der Waals surface area contributed by atoms with E-state index in [4.69, 9.17) is 21.2 Å². The maximum absolute atomic E-state index is 5.53. The molecule has 0 spiro atoms. The van der Waals surface area contributed by atoms with Crippen molar-refractivity contribution in [2.24, 2.45) is 5.16 Å². The van der Waals surface area contributed by atoms with Gasteiger partial charge in [-0.15, -0.1) is 11.8 Å². The molecular weight excluding hydrogens is 186 g/mol. The molecule has 1 saturated heterocycles. The quantitative estimate of drug-likeness (QED) is 0.588. The number of oxime groups is 1. The van der Waals surface area contributed by atoms with Crippen LogP contribution in [-0.4, -0.2) is 22.6 Å². The molecule has 0 aliphatic carbocycles. The molecule has 0 N–H and O–H groups in total. The van der Waals surface area contributed by atoms with Crippen LogP contribution in [0.25, 0.3) is 0 Å². The summed E-state index contributed by atoms with van der Waals surface area (Å²) >= 11 is 7.27. The van der Waals surface area contributed by atoms with Crippen molar-refractivity contribution in [1.82, 2.24) is 0 Å². The van der Waals surface area contributed by atoms with Gasteiger partial charge in [-0.1, -0.05) is 0 Å². The van der Waals surface area contributed by atoms with Gasteiger partial charge in [0.05, 0.1) is 0 Å². The summed E-state index contributed by atoms with van der Waals surface area (Å²) in [5.74, 6) is 1.12. The number of halogens is 1. The predicted molar refractivity (Wildman–Crippen MR) is 44.7 cm³/mol. The third-order valence-corrected chi connectivity index (χ3v) is 3.10. The molecule has 0 saturated carbocycles. The Bertz CT molecular complexity index is 187. The van der Waals surface area contributed by atoms with E-state index in [1.165, 1.54) is 6.42 Å². The van der Waals surface area contributed by atoms with Gasteiger partial charge < -0.3 is 9.57 Å². The largest absolute Gasteiger partial charge is 0.459 e. The van der Waals surface area contributed by atoms with Gasteiger partial charge >= 0.3 is 5.36 Å². The molecule has 0 bridgehead atoms. The van der Waals surface area contributed by atoms with Crippen LogP contribution in [0.4, 0.5) is 0 Å². The molecule has 0 aromatic carbocycles. The lowest BCUT2D eigenvalue weighted by Crippen LogP contribution is -2.35. The molecule has 62 valence electrons. The molecule has 0 aromatic rings. The zero-order valence-corrected chi connectivity index (χ0v) is 7.40. The molecule has 11 heavy (non-hydrogen) atoms. The van der Waals surface area contributed by atoms with Crippen molar-refractivity contribution < 1.29 is 9.57 Å². The van der Waals surface area contributed by atoms with E-state index in [0.29, 0.717) is 0 Å². The summed E-state index contributed by atoms with van der Waals surface area (Å²) in [6.07, 6.45) is 2.29. The van der Waals surface area contributed by atoms with Gasteiger partial charge in [-0.3, -0.25) is 0 Å². The highest BCUT2D eigenvalue weighted by Crippen LogP contribution is 2.31. The van der Waals surface area contributed by atoms with Crippen LogP contribution in [0.5, 0.6) is 0 Å². The lowest BCUT2D eigenvalue weighted by Gasteiger charge is -2.31.